The average molecular weight is 644 g/mol. The Labute approximate surface area is 276 Å². The van der Waals surface area contributed by atoms with Gasteiger partial charge in [-0.1, -0.05) is 80.8 Å². The summed E-state index contributed by atoms with van der Waals surface area (Å²) in [6.07, 6.45) is 3.98. The fraction of sp³-hybridized carbons (Fsp3) is 0.459. The van der Waals surface area contributed by atoms with E-state index in [-0.39, 0.29) is 37.2 Å². The fourth-order valence-corrected chi connectivity index (χ4v) is 6.59. The molecule has 4 unspecified atom stereocenters. The van der Waals surface area contributed by atoms with Gasteiger partial charge in [-0.25, -0.2) is 4.39 Å². The Morgan fingerprint density at radius 1 is 0.979 bits per heavy atom. The van der Waals surface area contributed by atoms with Crippen LogP contribution in [0, 0.1) is 11.7 Å². The van der Waals surface area contributed by atoms with Crippen molar-refractivity contribution in [2.75, 3.05) is 20.1 Å². The van der Waals surface area contributed by atoms with Crippen molar-refractivity contribution >= 4 is 34.4 Å². The van der Waals surface area contributed by atoms with Gasteiger partial charge in [-0.05, 0) is 59.7 Å². The van der Waals surface area contributed by atoms with Gasteiger partial charge in [0.1, 0.15) is 23.9 Å². The number of carbonyl (C=O) groups excluding carboxylic acids is 4. The van der Waals surface area contributed by atoms with Crippen LogP contribution in [0.1, 0.15) is 57.1 Å². The molecule has 3 aromatic rings. The lowest BCUT2D eigenvalue weighted by atomic mass is 9.94. The molecule has 0 aromatic heterocycles. The van der Waals surface area contributed by atoms with Crippen molar-refractivity contribution in [3.8, 4) is 0 Å². The Morgan fingerprint density at radius 3 is 2.32 bits per heavy atom. The first kappa shape index (κ1) is 34.0. The number of halogens is 1. The average Bonchev–Trinajstić information content (AvgIpc) is 3.89. The molecule has 1 saturated carbocycles. The number of nitrogens with one attached hydrogen (secondary N) is 2. The lowest BCUT2D eigenvalue weighted by molar-refractivity contribution is -0.157. The van der Waals surface area contributed by atoms with Crippen LogP contribution in [0.15, 0.2) is 66.7 Å². The molecule has 0 radical (unpaired) electrons. The molecule has 4 atom stereocenters. The van der Waals surface area contributed by atoms with E-state index in [0.29, 0.717) is 37.2 Å². The molecule has 10 heteroatoms. The third-order valence-corrected chi connectivity index (χ3v) is 9.48. The number of nitrogens with two attached hydrogens (primary N) is 1. The number of fused-ring (bicyclic) bond motifs is 1. The summed E-state index contributed by atoms with van der Waals surface area (Å²) in [5.74, 6) is -1.49. The number of benzene rings is 3. The molecular weight excluding hydrogens is 597 g/mol. The molecule has 1 aliphatic carbocycles. The number of nitrogens with zero attached hydrogens (tertiary/aromatic N) is 2. The van der Waals surface area contributed by atoms with E-state index in [1.807, 2.05) is 49.4 Å². The van der Waals surface area contributed by atoms with Crippen molar-refractivity contribution in [2.45, 2.75) is 82.5 Å². The quantitative estimate of drug-likeness (QED) is 0.262. The predicted octanol–water partition coefficient (Wildman–Crippen LogP) is 3.72. The Kier molecular flexibility index (Phi) is 10.6. The van der Waals surface area contributed by atoms with Crippen LogP contribution in [0.4, 0.5) is 4.39 Å². The minimum Gasteiger partial charge on any atom is -0.357 e. The van der Waals surface area contributed by atoms with E-state index >= 15 is 0 Å². The van der Waals surface area contributed by atoms with Gasteiger partial charge in [-0.2, -0.15) is 0 Å². The standard InChI is InChI=1S/C37H46FN5O4/c1-4-17-37(2,39)36(47)41-30(21-24-12-15-29(38)16-13-24)34(45)43-19-18-42(35(46)32(43)22-25-9-10-25)31(33(44)40-3)23-26-11-14-27-7-5-6-8-28(27)20-26/h5-8,11-16,20,25,30-32H,4,9-10,17-19,21-23,39H2,1-3H3,(H,40,44)(H,41,47). The van der Waals surface area contributed by atoms with Crippen LogP contribution in [0.3, 0.4) is 0 Å². The van der Waals surface area contributed by atoms with Crippen LogP contribution >= 0.6 is 0 Å². The monoisotopic (exact) mass is 643 g/mol. The number of piperazine rings is 1. The van der Waals surface area contributed by atoms with Crippen LogP contribution in [-0.2, 0) is 32.0 Å². The summed E-state index contributed by atoms with van der Waals surface area (Å²) in [7, 11) is 1.56. The molecule has 0 bridgehead atoms. The van der Waals surface area contributed by atoms with Gasteiger partial charge < -0.3 is 26.2 Å². The number of rotatable bonds is 13. The summed E-state index contributed by atoms with van der Waals surface area (Å²) in [6, 6.07) is 17.3. The van der Waals surface area contributed by atoms with Crippen molar-refractivity contribution in [1.29, 1.82) is 0 Å². The van der Waals surface area contributed by atoms with Gasteiger partial charge in [-0.15, -0.1) is 0 Å². The Balaban J connectivity index is 1.41. The predicted molar refractivity (Wildman–Crippen MR) is 180 cm³/mol. The van der Waals surface area contributed by atoms with E-state index in [1.165, 1.54) is 12.1 Å². The molecular formula is C37H46FN5O4. The largest absolute Gasteiger partial charge is 0.357 e. The van der Waals surface area contributed by atoms with E-state index < -0.39 is 35.4 Å². The normalized spacial score (nSPS) is 19.2. The van der Waals surface area contributed by atoms with Gasteiger partial charge in [0.2, 0.25) is 23.6 Å². The zero-order valence-electron chi connectivity index (χ0n) is 27.5. The van der Waals surface area contributed by atoms with E-state index in [1.54, 1.807) is 35.9 Å². The molecule has 1 heterocycles. The smallest absolute Gasteiger partial charge is 0.246 e. The number of likely N-dealkylation sites (N-methyl/N-ethyl adjacent to an activating group) is 1. The first-order chi connectivity index (χ1) is 22.5. The maximum absolute atomic E-state index is 14.4. The number of amides is 4. The van der Waals surface area contributed by atoms with Crippen LogP contribution in [0.5, 0.6) is 0 Å². The van der Waals surface area contributed by atoms with Gasteiger partial charge >= 0.3 is 0 Å². The fourth-order valence-electron chi connectivity index (χ4n) is 6.59. The molecule has 3 aromatic carbocycles. The zero-order chi connectivity index (χ0) is 33.7. The summed E-state index contributed by atoms with van der Waals surface area (Å²) in [6.45, 7) is 3.94. The third kappa shape index (κ3) is 8.16. The molecule has 4 amide bonds. The highest BCUT2D eigenvalue weighted by atomic mass is 19.1. The number of hydrogen-bond acceptors (Lipinski definition) is 5. The maximum atomic E-state index is 14.4. The number of carbonyl (C=O) groups is 4. The Hall–Kier alpha value is -4.31. The van der Waals surface area contributed by atoms with E-state index in [4.69, 9.17) is 5.73 Å². The van der Waals surface area contributed by atoms with E-state index in [2.05, 4.69) is 10.6 Å². The molecule has 47 heavy (non-hydrogen) atoms. The topological polar surface area (TPSA) is 125 Å². The first-order valence-corrected chi connectivity index (χ1v) is 16.6. The molecule has 1 saturated heterocycles. The maximum Gasteiger partial charge on any atom is 0.246 e. The van der Waals surface area contributed by atoms with E-state index in [0.717, 1.165) is 29.2 Å². The van der Waals surface area contributed by atoms with Gasteiger partial charge in [0.25, 0.3) is 0 Å². The van der Waals surface area contributed by atoms with Gasteiger partial charge in [0.05, 0.1) is 5.54 Å². The van der Waals surface area contributed by atoms with Crippen molar-refractivity contribution < 1.29 is 23.6 Å². The molecule has 4 N–H and O–H groups in total. The van der Waals surface area contributed by atoms with Gasteiger partial charge in [0, 0.05) is 33.0 Å². The molecule has 2 fully saturated rings. The summed E-state index contributed by atoms with van der Waals surface area (Å²) in [5.41, 5.74) is 6.74. The Bertz CT molecular complexity index is 1610. The lowest BCUT2D eigenvalue weighted by Gasteiger charge is -2.44. The highest BCUT2D eigenvalue weighted by Crippen LogP contribution is 2.36. The summed E-state index contributed by atoms with van der Waals surface area (Å²) in [4.78, 5) is 58.6. The lowest BCUT2D eigenvalue weighted by Crippen LogP contribution is -2.66. The van der Waals surface area contributed by atoms with Crippen molar-refractivity contribution in [2.24, 2.45) is 11.7 Å². The molecule has 250 valence electrons. The van der Waals surface area contributed by atoms with Crippen molar-refractivity contribution in [3.05, 3.63) is 83.7 Å². The third-order valence-electron chi connectivity index (χ3n) is 9.48. The summed E-state index contributed by atoms with van der Waals surface area (Å²) in [5, 5.41) is 7.76. The van der Waals surface area contributed by atoms with Crippen molar-refractivity contribution in [3.63, 3.8) is 0 Å². The SMILES string of the molecule is CCCC(C)(N)C(=O)NC(Cc1ccc(F)cc1)C(=O)N1CCN(C(Cc2ccc3ccccc3c2)C(=O)NC)C(=O)C1CC1CC1. The number of hydrogen-bond donors (Lipinski definition) is 3. The minimum atomic E-state index is -1.19. The second-order valence-electron chi connectivity index (χ2n) is 13.3. The second kappa shape index (κ2) is 14.6. The molecule has 0 spiro atoms. The minimum absolute atomic E-state index is 0.112. The molecule has 1 aliphatic heterocycles. The van der Waals surface area contributed by atoms with Gasteiger partial charge in [0.15, 0.2) is 0 Å². The van der Waals surface area contributed by atoms with E-state index in [9.17, 15) is 23.6 Å². The highest BCUT2D eigenvalue weighted by molar-refractivity contribution is 5.96. The molecule has 5 rings (SSSR count). The highest BCUT2D eigenvalue weighted by Gasteiger charge is 2.45. The first-order valence-electron chi connectivity index (χ1n) is 16.6. The van der Waals surface area contributed by atoms with Gasteiger partial charge in [-0.3, -0.25) is 19.2 Å². The van der Waals surface area contributed by atoms with Crippen LogP contribution < -0.4 is 16.4 Å². The van der Waals surface area contributed by atoms with Crippen molar-refractivity contribution in [1.82, 2.24) is 20.4 Å². The van der Waals surface area contributed by atoms with Crippen LogP contribution in [0.2, 0.25) is 0 Å². The summed E-state index contributed by atoms with van der Waals surface area (Å²) >= 11 is 0. The molecule has 9 nitrogen and oxygen atoms in total. The van der Waals surface area contributed by atoms with Crippen LogP contribution in [0.25, 0.3) is 10.8 Å². The molecule has 2 aliphatic rings. The summed E-state index contributed by atoms with van der Waals surface area (Å²) < 4.78 is 13.7. The zero-order valence-corrected chi connectivity index (χ0v) is 27.5. The van der Waals surface area contributed by atoms with Crippen LogP contribution in [-0.4, -0.2) is 77.2 Å². The Morgan fingerprint density at radius 2 is 1.66 bits per heavy atom. The second-order valence-corrected chi connectivity index (χ2v) is 13.3.